The molecule has 11 atom stereocenters. The Morgan fingerprint density at radius 1 is 1.13 bits per heavy atom. The molecule has 4 fully saturated rings. The molecular weight excluding hydrogens is 504 g/mol. The first-order valence-corrected chi connectivity index (χ1v) is 14.3. The van der Waals surface area contributed by atoms with Gasteiger partial charge in [-0.3, -0.25) is 14.4 Å². The lowest BCUT2D eigenvalue weighted by atomic mass is 9.47. The molecule has 3 aliphatic heterocycles. The monoisotopic (exact) mass is 544 g/mol. The van der Waals surface area contributed by atoms with Crippen LogP contribution in [0.1, 0.15) is 73.1 Å². The number of aliphatic hydroxyl groups excluding tert-OH is 1. The zero-order chi connectivity index (χ0) is 28.4. The molecule has 0 aromatic heterocycles. The van der Waals surface area contributed by atoms with Gasteiger partial charge in [-0.1, -0.05) is 32.1 Å². The maximum absolute atomic E-state index is 14.8. The fraction of sp³-hybridized carbons (Fsp3) is 0.767. The lowest BCUT2D eigenvalue weighted by molar-refractivity contribution is -0.388. The predicted molar refractivity (Wildman–Crippen MR) is 137 cm³/mol. The van der Waals surface area contributed by atoms with Crippen LogP contribution in [-0.2, 0) is 28.6 Å². The van der Waals surface area contributed by atoms with Gasteiger partial charge in [0.15, 0.2) is 5.78 Å². The minimum absolute atomic E-state index is 0.0686. The van der Waals surface area contributed by atoms with Crippen LogP contribution in [-0.4, -0.2) is 74.3 Å². The van der Waals surface area contributed by atoms with Gasteiger partial charge in [-0.2, -0.15) is 0 Å². The fourth-order valence-corrected chi connectivity index (χ4v) is 9.70. The van der Waals surface area contributed by atoms with E-state index in [-0.39, 0.29) is 44.5 Å². The Kier molecular flexibility index (Phi) is 5.66. The van der Waals surface area contributed by atoms with Crippen LogP contribution in [0.4, 0.5) is 0 Å². The predicted octanol–water partition coefficient (Wildman–Crippen LogP) is 2.15. The molecule has 6 rings (SSSR count). The molecule has 0 radical (unpaired) electrons. The van der Waals surface area contributed by atoms with E-state index in [9.17, 15) is 29.7 Å². The minimum Gasteiger partial charge on any atom is -0.459 e. The Hall–Kier alpha value is -1.91. The summed E-state index contributed by atoms with van der Waals surface area (Å²) < 4.78 is 18.9. The molecule has 6 aliphatic rings. The molecule has 3 saturated heterocycles. The number of ketones is 2. The van der Waals surface area contributed by atoms with E-state index in [2.05, 4.69) is 0 Å². The van der Waals surface area contributed by atoms with E-state index >= 15 is 0 Å². The summed E-state index contributed by atoms with van der Waals surface area (Å²) in [5, 5.41) is 36.8. The van der Waals surface area contributed by atoms with Gasteiger partial charge in [0.1, 0.15) is 23.1 Å². The largest absolute Gasteiger partial charge is 0.459 e. The SMILES string of the molecule is CCO[C@@]1(C)C2C[C@](C)(CC(=O)O2)C2C(=O)[C@]3(O)O[C@@]21[C@](O)(CC)CCC1C3[C@@H](O)C=C2C=CCC(=O)[C@@]21C. The highest BCUT2D eigenvalue weighted by Crippen LogP contribution is 2.71. The molecule has 4 unspecified atom stereocenters. The molecule has 0 amide bonds. The Bertz CT molecular complexity index is 1210. The van der Waals surface area contributed by atoms with Crippen molar-refractivity contribution in [2.45, 2.75) is 108 Å². The highest BCUT2D eigenvalue weighted by Gasteiger charge is 2.86. The number of allylic oxidation sites excluding steroid dienone is 3. The molecule has 3 heterocycles. The first-order chi connectivity index (χ1) is 18.2. The third-order valence-electron chi connectivity index (χ3n) is 11.6. The Balaban J connectivity index is 1.64. The topological polar surface area (TPSA) is 140 Å². The van der Waals surface area contributed by atoms with E-state index in [1.54, 1.807) is 39.8 Å². The van der Waals surface area contributed by atoms with Gasteiger partial charge in [0.25, 0.3) is 0 Å². The molecule has 1 spiro atoms. The number of carbonyl (C=O) groups is 3. The Morgan fingerprint density at radius 2 is 1.85 bits per heavy atom. The maximum atomic E-state index is 14.8. The zero-order valence-electron chi connectivity index (χ0n) is 23.4. The van der Waals surface area contributed by atoms with Gasteiger partial charge in [0.2, 0.25) is 5.79 Å². The maximum Gasteiger partial charge on any atom is 0.306 e. The Labute approximate surface area is 228 Å². The van der Waals surface area contributed by atoms with Gasteiger partial charge in [0, 0.05) is 13.0 Å². The lowest BCUT2D eigenvalue weighted by Gasteiger charge is -2.66. The summed E-state index contributed by atoms with van der Waals surface area (Å²) in [7, 11) is 0. The third-order valence-corrected chi connectivity index (χ3v) is 11.6. The van der Waals surface area contributed by atoms with Crippen LogP contribution in [0.15, 0.2) is 23.8 Å². The lowest BCUT2D eigenvalue weighted by Crippen LogP contribution is -2.80. The summed E-state index contributed by atoms with van der Waals surface area (Å²) in [6.07, 6.45) is 4.02. The van der Waals surface area contributed by atoms with Crippen LogP contribution in [0.3, 0.4) is 0 Å². The van der Waals surface area contributed by atoms with Gasteiger partial charge in [-0.25, -0.2) is 0 Å². The van der Waals surface area contributed by atoms with Crippen LogP contribution >= 0.6 is 0 Å². The molecule has 214 valence electrons. The van der Waals surface area contributed by atoms with E-state index in [0.29, 0.717) is 12.0 Å². The van der Waals surface area contributed by atoms with E-state index < -0.39 is 75.1 Å². The van der Waals surface area contributed by atoms with Crippen molar-refractivity contribution in [3.05, 3.63) is 23.8 Å². The van der Waals surface area contributed by atoms with Gasteiger partial charge in [0.05, 0.1) is 35.4 Å². The highest BCUT2D eigenvalue weighted by molar-refractivity contribution is 5.95. The average Bonchev–Trinajstić information content (AvgIpc) is 3.13. The minimum atomic E-state index is -2.54. The first kappa shape index (κ1) is 27.3. The molecule has 3 N–H and O–H groups in total. The van der Waals surface area contributed by atoms with Crippen molar-refractivity contribution < 1.29 is 43.9 Å². The second-order valence-corrected chi connectivity index (χ2v) is 13.3. The highest BCUT2D eigenvalue weighted by atomic mass is 16.7. The average molecular weight is 545 g/mol. The fourth-order valence-electron chi connectivity index (χ4n) is 9.70. The molecule has 9 nitrogen and oxygen atoms in total. The summed E-state index contributed by atoms with van der Waals surface area (Å²) in [4.78, 5) is 41.1. The summed E-state index contributed by atoms with van der Waals surface area (Å²) >= 11 is 0. The molecule has 9 heteroatoms. The molecule has 4 bridgehead atoms. The zero-order valence-corrected chi connectivity index (χ0v) is 23.4. The number of rotatable bonds is 3. The number of hydrogen-bond acceptors (Lipinski definition) is 9. The number of fused-ring (bicyclic) bond motifs is 8. The quantitative estimate of drug-likeness (QED) is 0.456. The summed E-state index contributed by atoms with van der Waals surface area (Å²) in [6.45, 7) is 9.09. The van der Waals surface area contributed by atoms with Crippen molar-refractivity contribution in [3.63, 3.8) is 0 Å². The van der Waals surface area contributed by atoms with Crippen molar-refractivity contribution >= 4 is 17.5 Å². The number of Topliss-reactive ketones (excluding diaryl/α,β-unsaturated/α-hetero) is 2. The second kappa shape index (κ2) is 8.10. The number of hydrogen-bond donors (Lipinski definition) is 3. The normalized spacial score (nSPS) is 54.1. The summed E-state index contributed by atoms with van der Waals surface area (Å²) in [5.74, 6) is -6.71. The van der Waals surface area contributed by atoms with E-state index in [1.165, 1.54) is 0 Å². The van der Waals surface area contributed by atoms with Crippen LogP contribution in [0.5, 0.6) is 0 Å². The van der Waals surface area contributed by atoms with E-state index in [0.717, 1.165) is 0 Å². The van der Waals surface area contributed by atoms with Gasteiger partial charge in [-0.15, -0.1) is 0 Å². The van der Waals surface area contributed by atoms with Crippen molar-refractivity contribution in [1.29, 1.82) is 0 Å². The molecule has 0 aromatic carbocycles. The molecule has 0 aromatic rings. The molecular formula is C30H40O9. The van der Waals surface area contributed by atoms with Gasteiger partial charge >= 0.3 is 5.97 Å². The van der Waals surface area contributed by atoms with Crippen LogP contribution in [0, 0.1) is 28.6 Å². The molecule has 39 heavy (non-hydrogen) atoms. The number of esters is 1. The van der Waals surface area contributed by atoms with Crippen LogP contribution in [0.2, 0.25) is 0 Å². The van der Waals surface area contributed by atoms with E-state index in [1.807, 2.05) is 13.0 Å². The van der Waals surface area contributed by atoms with Crippen molar-refractivity contribution in [2.75, 3.05) is 6.61 Å². The summed E-state index contributed by atoms with van der Waals surface area (Å²) in [6, 6.07) is 0. The number of carbonyl (C=O) groups excluding carboxylic acids is 3. The van der Waals surface area contributed by atoms with Crippen LogP contribution in [0.25, 0.3) is 0 Å². The van der Waals surface area contributed by atoms with Gasteiger partial charge in [-0.05, 0) is 63.4 Å². The van der Waals surface area contributed by atoms with E-state index in [4.69, 9.17) is 14.2 Å². The standard InChI is InChI=1S/C30H40O9/c1-6-28(35)12-11-17-22(18(31)13-16-9-8-10-19(32)26(16,17)4)29(36)24(34)23-25(3)14-20(38-21(33)15-25)27(5,37-7-2)30(23,28)39-29/h8-9,13,17-18,20,22-23,31,35-36H,6-7,10-12,14-15H2,1-5H3/t17?,18-,20?,22?,23?,25+,26-,27-,28-,29+,30-/m0/s1. The third kappa shape index (κ3) is 2.96. The molecule has 3 aliphatic carbocycles. The Morgan fingerprint density at radius 3 is 2.51 bits per heavy atom. The van der Waals surface area contributed by atoms with Crippen molar-refractivity contribution in [3.8, 4) is 0 Å². The molecule has 1 saturated carbocycles. The first-order valence-electron chi connectivity index (χ1n) is 14.3. The van der Waals surface area contributed by atoms with Gasteiger partial charge < -0.3 is 29.5 Å². The van der Waals surface area contributed by atoms with Crippen molar-refractivity contribution in [1.82, 2.24) is 0 Å². The number of ether oxygens (including phenoxy) is 3. The summed E-state index contributed by atoms with van der Waals surface area (Å²) in [5.41, 5.74) is -6.36. The van der Waals surface area contributed by atoms with Crippen molar-refractivity contribution in [2.24, 2.45) is 28.6 Å². The van der Waals surface area contributed by atoms with Crippen LogP contribution < -0.4 is 0 Å². The second-order valence-electron chi connectivity index (χ2n) is 13.3. The smallest absolute Gasteiger partial charge is 0.306 e. The number of aliphatic hydroxyl groups is 3.